The van der Waals surface area contributed by atoms with E-state index in [4.69, 9.17) is 11.6 Å². The van der Waals surface area contributed by atoms with E-state index in [2.05, 4.69) is 11.0 Å². The van der Waals surface area contributed by atoms with Gasteiger partial charge in [0.1, 0.15) is 6.04 Å². The zero-order chi connectivity index (χ0) is 13.0. The van der Waals surface area contributed by atoms with Crippen molar-refractivity contribution >= 4 is 27.9 Å². The van der Waals surface area contributed by atoms with Gasteiger partial charge in [-0.15, -0.1) is 11.3 Å². The number of benzene rings is 1. The number of nitriles is 1. The first kappa shape index (κ1) is 12.9. The lowest BCUT2D eigenvalue weighted by Crippen LogP contribution is -2.26. The number of anilines is 1. The molecule has 0 aliphatic rings. The maximum absolute atomic E-state index is 9.46. The molecule has 1 aromatic carbocycles. The monoisotopic (exact) mass is 276 g/mol. The van der Waals surface area contributed by atoms with Gasteiger partial charge in [0, 0.05) is 17.1 Å². The van der Waals surface area contributed by atoms with E-state index in [1.807, 2.05) is 48.7 Å². The number of thiophene rings is 1. The molecule has 0 saturated carbocycles. The first-order valence-corrected chi connectivity index (χ1v) is 6.98. The molecular weight excluding hydrogens is 264 g/mol. The zero-order valence-corrected chi connectivity index (χ0v) is 11.6. The van der Waals surface area contributed by atoms with E-state index in [0.29, 0.717) is 5.02 Å². The molecule has 1 unspecified atom stereocenters. The summed E-state index contributed by atoms with van der Waals surface area (Å²) in [4.78, 5) is 2.06. The Hall–Kier alpha value is -1.50. The van der Waals surface area contributed by atoms with E-state index in [0.717, 1.165) is 17.1 Å². The van der Waals surface area contributed by atoms with Gasteiger partial charge in [0.25, 0.3) is 0 Å². The Morgan fingerprint density at radius 2 is 2.11 bits per heavy atom. The van der Waals surface area contributed by atoms with Crippen molar-refractivity contribution in [3.8, 4) is 6.07 Å². The molecule has 0 aliphatic heterocycles. The quantitative estimate of drug-likeness (QED) is 0.822. The normalized spacial score (nSPS) is 11.8. The number of hydrogen-bond donors (Lipinski definition) is 0. The summed E-state index contributed by atoms with van der Waals surface area (Å²) in [7, 11) is 0. The molecule has 0 radical (unpaired) electrons. The molecule has 2 aromatic rings. The third kappa shape index (κ3) is 2.50. The Morgan fingerprint density at radius 1 is 1.33 bits per heavy atom. The van der Waals surface area contributed by atoms with E-state index in [9.17, 15) is 5.26 Å². The molecule has 1 aromatic heterocycles. The van der Waals surface area contributed by atoms with Crippen LogP contribution in [0.5, 0.6) is 0 Å². The maximum Gasteiger partial charge on any atom is 0.144 e. The first-order valence-electron chi connectivity index (χ1n) is 5.72. The average molecular weight is 277 g/mol. The van der Waals surface area contributed by atoms with Crippen molar-refractivity contribution in [2.45, 2.75) is 13.0 Å². The summed E-state index contributed by atoms with van der Waals surface area (Å²) in [5, 5.41) is 13.2. The Bertz CT molecular complexity index is 545. The molecule has 18 heavy (non-hydrogen) atoms. The van der Waals surface area contributed by atoms with Crippen molar-refractivity contribution in [1.29, 1.82) is 5.26 Å². The Morgan fingerprint density at radius 3 is 2.67 bits per heavy atom. The van der Waals surface area contributed by atoms with Gasteiger partial charge in [-0.2, -0.15) is 5.26 Å². The first-order chi connectivity index (χ1) is 8.77. The maximum atomic E-state index is 9.46. The highest BCUT2D eigenvalue weighted by atomic mass is 35.5. The second-order valence-corrected chi connectivity index (χ2v) is 5.12. The fraction of sp³-hybridized carbons (Fsp3) is 0.214. The molecular formula is C14H13ClN2S. The lowest BCUT2D eigenvalue weighted by atomic mass is 10.1. The molecule has 92 valence electrons. The predicted octanol–water partition coefficient (Wildman–Crippen LogP) is 4.49. The van der Waals surface area contributed by atoms with Crippen molar-refractivity contribution in [2.75, 3.05) is 11.4 Å². The van der Waals surface area contributed by atoms with Crippen LogP contribution in [0.1, 0.15) is 18.5 Å². The Kier molecular flexibility index (Phi) is 4.24. The van der Waals surface area contributed by atoms with Crippen LogP contribution in [-0.4, -0.2) is 6.54 Å². The molecule has 4 heteroatoms. The molecule has 0 saturated heterocycles. The minimum Gasteiger partial charge on any atom is -0.344 e. The van der Waals surface area contributed by atoms with Crippen LogP contribution in [0.15, 0.2) is 41.8 Å². The molecule has 0 amide bonds. The van der Waals surface area contributed by atoms with E-state index < -0.39 is 0 Å². The summed E-state index contributed by atoms with van der Waals surface area (Å²) < 4.78 is 0. The second-order valence-electron chi connectivity index (χ2n) is 3.79. The molecule has 0 spiro atoms. The molecule has 0 N–H and O–H groups in total. The van der Waals surface area contributed by atoms with Gasteiger partial charge in [-0.3, -0.25) is 0 Å². The van der Waals surface area contributed by atoms with Gasteiger partial charge in [0.2, 0.25) is 0 Å². The minimum atomic E-state index is -0.345. The van der Waals surface area contributed by atoms with Crippen LogP contribution in [0, 0.1) is 11.3 Å². The fourth-order valence-corrected chi connectivity index (χ4v) is 2.97. The molecule has 2 rings (SSSR count). The topological polar surface area (TPSA) is 27.0 Å². The number of hydrogen-bond acceptors (Lipinski definition) is 3. The van der Waals surface area contributed by atoms with E-state index in [1.165, 1.54) is 0 Å². The van der Waals surface area contributed by atoms with Crippen LogP contribution < -0.4 is 4.90 Å². The lowest BCUT2D eigenvalue weighted by Gasteiger charge is -2.27. The van der Waals surface area contributed by atoms with Crippen LogP contribution in [0.25, 0.3) is 0 Å². The number of rotatable bonds is 4. The number of nitrogens with zero attached hydrogens (tertiary/aromatic N) is 2. The molecule has 1 atom stereocenters. The van der Waals surface area contributed by atoms with Gasteiger partial charge in [-0.25, -0.2) is 0 Å². The third-order valence-electron chi connectivity index (χ3n) is 2.76. The zero-order valence-electron chi connectivity index (χ0n) is 10.0. The summed E-state index contributed by atoms with van der Waals surface area (Å²) in [5.74, 6) is 0. The molecule has 2 nitrogen and oxygen atoms in total. The summed E-state index contributed by atoms with van der Waals surface area (Å²) in [5.41, 5.74) is 0.858. The van der Waals surface area contributed by atoms with Crippen molar-refractivity contribution in [3.05, 3.63) is 52.4 Å². The van der Waals surface area contributed by atoms with Gasteiger partial charge in [-0.05, 0) is 30.5 Å². The van der Waals surface area contributed by atoms with Gasteiger partial charge >= 0.3 is 0 Å². The average Bonchev–Trinajstić information content (AvgIpc) is 2.90. The van der Waals surface area contributed by atoms with Gasteiger partial charge in [0.15, 0.2) is 0 Å². The smallest absolute Gasteiger partial charge is 0.144 e. The summed E-state index contributed by atoms with van der Waals surface area (Å²) in [6, 6.07) is 13.5. The Labute approximate surface area is 116 Å². The molecule has 0 aliphatic carbocycles. The van der Waals surface area contributed by atoms with Crippen molar-refractivity contribution in [2.24, 2.45) is 0 Å². The highest BCUT2D eigenvalue weighted by Crippen LogP contribution is 2.33. The van der Waals surface area contributed by atoms with Gasteiger partial charge in [0.05, 0.1) is 11.1 Å². The number of halogens is 1. The van der Waals surface area contributed by atoms with E-state index >= 15 is 0 Å². The fourth-order valence-electron chi connectivity index (χ4n) is 1.90. The molecule has 0 bridgehead atoms. The van der Waals surface area contributed by atoms with Gasteiger partial charge < -0.3 is 4.90 Å². The summed E-state index contributed by atoms with van der Waals surface area (Å²) >= 11 is 7.82. The van der Waals surface area contributed by atoms with Crippen molar-refractivity contribution in [3.63, 3.8) is 0 Å². The van der Waals surface area contributed by atoms with Crippen molar-refractivity contribution in [1.82, 2.24) is 0 Å². The summed E-state index contributed by atoms with van der Waals surface area (Å²) in [6.07, 6.45) is 0. The largest absolute Gasteiger partial charge is 0.344 e. The standard InChI is InChI=1S/C14H13ClN2S/c1-2-17(14-8-5-9-18-14)13(10-16)11-6-3-4-7-12(11)15/h3-9,13H,2H2,1H3. The second kappa shape index (κ2) is 5.90. The van der Waals surface area contributed by atoms with Crippen LogP contribution in [0.3, 0.4) is 0 Å². The van der Waals surface area contributed by atoms with Crippen LogP contribution in [0.4, 0.5) is 5.00 Å². The lowest BCUT2D eigenvalue weighted by molar-refractivity contribution is 0.765. The molecule has 0 fully saturated rings. The summed E-state index contributed by atoms with van der Waals surface area (Å²) in [6.45, 7) is 2.81. The highest BCUT2D eigenvalue weighted by Gasteiger charge is 2.21. The van der Waals surface area contributed by atoms with Crippen LogP contribution in [0.2, 0.25) is 5.02 Å². The van der Waals surface area contributed by atoms with Crippen LogP contribution in [-0.2, 0) is 0 Å². The van der Waals surface area contributed by atoms with Crippen molar-refractivity contribution < 1.29 is 0 Å². The van der Waals surface area contributed by atoms with E-state index in [1.54, 1.807) is 11.3 Å². The predicted molar refractivity (Wildman–Crippen MR) is 77.1 cm³/mol. The van der Waals surface area contributed by atoms with Crippen LogP contribution >= 0.6 is 22.9 Å². The SMILES string of the molecule is CCN(c1cccs1)C(C#N)c1ccccc1Cl. The highest BCUT2D eigenvalue weighted by molar-refractivity contribution is 7.14. The minimum absolute atomic E-state index is 0.345. The van der Waals surface area contributed by atoms with Gasteiger partial charge in [-0.1, -0.05) is 29.8 Å². The third-order valence-corrected chi connectivity index (χ3v) is 4.01. The molecule has 1 heterocycles. The Balaban J connectivity index is 2.40. The van der Waals surface area contributed by atoms with E-state index in [-0.39, 0.29) is 6.04 Å².